The molecule has 0 heterocycles. The zero-order valence-corrected chi connectivity index (χ0v) is 11.9. The van der Waals surface area contributed by atoms with Crippen molar-refractivity contribution in [3.8, 4) is 11.5 Å². The van der Waals surface area contributed by atoms with Gasteiger partial charge in [0.1, 0.15) is 11.5 Å². The third kappa shape index (κ3) is 5.04. The quantitative estimate of drug-likeness (QED) is 0.260. The first-order valence-corrected chi connectivity index (χ1v) is 6.02. The number of esters is 2. The van der Waals surface area contributed by atoms with Crippen molar-refractivity contribution in [3.05, 3.63) is 44.1 Å². The second-order valence-electron chi connectivity index (χ2n) is 4.03. The maximum atomic E-state index is 11.1. The minimum Gasteiger partial charge on any atom is -0.426 e. The van der Waals surface area contributed by atoms with E-state index in [0.717, 1.165) is 0 Å². The van der Waals surface area contributed by atoms with E-state index in [1.165, 1.54) is 26.0 Å². The highest BCUT2D eigenvalue weighted by molar-refractivity contribution is 5.72. The lowest BCUT2D eigenvalue weighted by molar-refractivity contribution is -0.133. The Morgan fingerprint density at radius 1 is 0.955 bits per heavy atom. The van der Waals surface area contributed by atoms with E-state index in [1.54, 1.807) is 0 Å². The highest BCUT2D eigenvalue weighted by atomic mass is 16.5. The van der Waals surface area contributed by atoms with Crippen LogP contribution in [0.1, 0.15) is 25.0 Å². The van der Waals surface area contributed by atoms with Crippen molar-refractivity contribution in [2.24, 2.45) is 10.2 Å². The molecule has 0 radical (unpaired) electrons. The van der Waals surface area contributed by atoms with Crippen molar-refractivity contribution < 1.29 is 19.1 Å². The molecule has 0 saturated heterocycles. The molecular weight excluding hydrogens is 292 g/mol. The third-order valence-corrected chi connectivity index (χ3v) is 2.36. The summed E-state index contributed by atoms with van der Waals surface area (Å²) in [4.78, 5) is 27.5. The number of carbonyl (C=O) groups is 2. The van der Waals surface area contributed by atoms with E-state index < -0.39 is 11.9 Å². The summed E-state index contributed by atoms with van der Waals surface area (Å²) >= 11 is 0. The van der Waals surface area contributed by atoms with Crippen LogP contribution in [0.4, 0.5) is 0 Å². The third-order valence-electron chi connectivity index (χ3n) is 2.36. The molecule has 1 aromatic rings. The van der Waals surface area contributed by atoms with Crippen molar-refractivity contribution in [2.75, 3.05) is 0 Å². The fourth-order valence-corrected chi connectivity index (χ4v) is 1.61. The summed E-state index contributed by atoms with van der Waals surface area (Å²) in [6.45, 7) is 2.22. The maximum absolute atomic E-state index is 11.1. The summed E-state index contributed by atoms with van der Waals surface area (Å²) in [5.41, 5.74) is 17.5. The molecule has 22 heavy (non-hydrogen) atoms. The molecule has 1 aromatic carbocycles. The fourth-order valence-electron chi connectivity index (χ4n) is 1.61. The molecule has 0 aromatic heterocycles. The zero-order valence-electron chi connectivity index (χ0n) is 11.9. The number of nitrogens with zero attached hydrogens (tertiary/aromatic N) is 6. The first kappa shape index (κ1) is 16.8. The van der Waals surface area contributed by atoms with Crippen molar-refractivity contribution in [3.63, 3.8) is 0 Å². The molecule has 10 heteroatoms. The van der Waals surface area contributed by atoms with Gasteiger partial charge in [-0.25, -0.2) is 0 Å². The number of azide groups is 2. The first-order chi connectivity index (χ1) is 10.5. The summed E-state index contributed by atoms with van der Waals surface area (Å²) in [7, 11) is 0. The Balaban J connectivity index is 3.38. The number of ether oxygens (including phenoxy) is 2. The molecule has 114 valence electrons. The number of benzene rings is 1. The van der Waals surface area contributed by atoms with Gasteiger partial charge in [-0.3, -0.25) is 9.59 Å². The number of hydrogen-bond acceptors (Lipinski definition) is 6. The van der Waals surface area contributed by atoms with Gasteiger partial charge in [0.2, 0.25) is 0 Å². The predicted octanol–water partition coefficient (Wildman–Crippen LogP) is 3.16. The van der Waals surface area contributed by atoms with E-state index in [9.17, 15) is 9.59 Å². The highest BCUT2D eigenvalue weighted by Crippen LogP contribution is 2.31. The predicted molar refractivity (Wildman–Crippen MR) is 74.8 cm³/mol. The van der Waals surface area contributed by atoms with Crippen molar-refractivity contribution >= 4 is 11.9 Å². The Morgan fingerprint density at radius 2 is 1.32 bits per heavy atom. The summed E-state index contributed by atoms with van der Waals surface area (Å²) in [6, 6.07) is 2.80. The number of hydrogen-bond donors (Lipinski definition) is 0. The zero-order chi connectivity index (χ0) is 16.5. The van der Waals surface area contributed by atoms with E-state index in [1.807, 2.05) is 0 Å². The lowest BCUT2D eigenvalue weighted by atomic mass is 10.1. The van der Waals surface area contributed by atoms with Crippen LogP contribution in [0.3, 0.4) is 0 Å². The largest absolute Gasteiger partial charge is 0.426 e. The topological polar surface area (TPSA) is 150 Å². The monoisotopic (exact) mass is 304 g/mol. The van der Waals surface area contributed by atoms with Crippen LogP contribution in [0.25, 0.3) is 20.9 Å². The van der Waals surface area contributed by atoms with Crippen molar-refractivity contribution in [1.29, 1.82) is 0 Å². The standard InChI is InChI=1S/C12H12N6O4/c1-7(19)21-11-3-10(6-16-18-14)12(22-8(2)20)4-9(11)5-15-17-13/h3-4H,5-6H2,1-2H3. The molecule has 0 aliphatic heterocycles. The van der Waals surface area contributed by atoms with E-state index in [4.69, 9.17) is 20.5 Å². The Bertz CT molecular complexity index is 603. The lowest BCUT2D eigenvalue weighted by Crippen LogP contribution is -2.08. The van der Waals surface area contributed by atoms with Crippen LogP contribution < -0.4 is 9.47 Å². The van der Waals surface area contributed by atoms with Gasteiger partial charge in [-0.15, -0.1) is 0 Å². The van der Waals surface area contributed by atoms with Crippen LogP contribution in [0.5, 0.6) is 11.5 Å². The fraction of sp³-hybridized carbons (Fsp3) is 0.333. The van der Waals surface area contributed by atoms with Gasteiger partial charge in [0, 0.05) is 34.8 Å². The van der Waals surface area contributed by atoms with E-state index >= 15 is 0 Å². The van der Waals surface area contributed by atoms with Gasteiger partial charge in [-0.2, -0.15) is 0 Å². The van der Waals surface area contributed by atoms with Gasteiger partial charge in [0.25, 0.3) is 0 Å². The minimum atomic E-state index is -0.572. The van der Waals surface area contributed by atoms with E-state index in [2.05, 4.69) is 20.1 Å². The summed E-state index contributed by atoms with van der Waals surface area (Å²) in [5, 5.41) is 6.78. The summed E-state index contributed by atoms with van der Waals surface area (Å²) < 4.78 is 10.1. The molecule has 0 bridgehead atoms. The van der Waals surface area contributed by atoms with E-state index in [0.29, 0.717) is 11.1 Å². The molecule has 0 N–H and O–H groups in total. The highest BCUT2D eigenvalue weighted by Gasteiger charge is 2.14. The number of rotatable bonds is 6. The molecule has 0 atom stereocenters. The molecule has 10 nitrogen and oxygen atoms in total. The smallest absolute Gasteiger partial charge is 0.308 e. The van der Waals surface area contributed by atoms with Crippen molar-refractivity contribution in [1.82, 2.24) is 0 Å². The van der Waals surface area contributed by atoms with Crippen LogP contribution in [-0.4, -0.2) is 11.9 Å². The first-order valence-electron chi connectivity index (χ1n) is 6.02. The Labute approximate surface area is 124 Å². The van der Waals surface area contributed by atoms with Crippen LogP contribution in [0.15, 0.2) is 22.4 Å². The second-order valence-corrected chi connectivity index (χ2v) is 4.03. The molecule has 0 amide bonds. The van der Waals surface area contributed by atoms with Gasteiger partial charge in [0.05, 0.1) is 13.1 Å². The van der Waals surface area contributed by atoms with Gasteiger partial charge >= 0.3 is 11.9 Å². The van der Waals surface area contributed by atoms with Crippen LogP contribution >= 0.6 is 0 Å². The SMILES string of the molecule is CC(=O)Oc1cc(CN=[N+]=[N-])c(OC(C)=O)cc1CN=[N+]=[N-]. The van der Waals surface area contributed by atoms with Crippen LogP contribution in [0, 0.1) is 0 Å². The molecule has 0 fully saturated rings. The van der Waals surface area contributed by atoms with Gasteiger partial charge in [0.15, 0.2) is 0 Å². The van der Waals surface area contributed by atoms with Gasteiger partial charge in [-0.1, -0.05) is 10.2 Å². The molecule has 0 spiro atoms. The average Bonchev–Trinajstić information content (AvgIpc) is 2.44. The van der Waals surface area contributed by atoms with Crippen LogP contribution in [-0.2, 0) is 22.7 Å². The van der Waals surface area contributed by atoms with Crippen LogP contribution in [0.2, 0.25) is 0 Å². The van der Waals surface area contributed by atoms with E-state index in [-0.39, 0.29) is 24.6 Å². The average molecular weight is 304 g/mol. The summed E-state index contributed by atoms with van der Waals surface area (Å²) in [5.74, 6) is -0.868. The lowest BCUT2D eigenvalue weighted by Gasteiger charge is -2.13. The maximum Gasteiger partial charge on any atom is 0.308 e. The molecule has 0 aliphatic rings. The molecule has 0 unspecified atom stereocenters. The molecule has 0 saturated carbocycles. The van der Waals surface area contributed by atoms with Crippen molar-refractivity contribution in [2.45, 2.75) is 26.9 Å². The Hall–Kier alpha value is -3.22. The molecule has 1 rings (SSSR count). The normalized spacial score (nSPS) is 9.18. The Kier molecular flexibility index (Phi) is 6.24. The second kappa shape index (κ2) is 8.15. The molecular formula is C12H12N6O4. The summed E-state index contributed by atoms with van der Waals surface area (Å²) in [6.07, 6.45) is 0. The minimum absolute atomic E-state index is 0.102. The van der Waals surface area contributed by atoms with Gasteiger partial charge < -0.3 is 9.47 Å². The van der Waals surface area contributed by atoms with Gasteiger partial charge in [-0.05, 0) is 23.2 Å². The Morgan fingerprint density at radius 3 is 1.59 bits per heavy atom. The molecule has 0 aliphatic carbocycles. The number of carbonyl (C=O) groups excluding carboxylic acids is 2.